The molecule has 0 bridgehead atoms. The Morgan fingerprint density at radius 1 is 1.57 bits per heavy atom. The van der Waals surface area contributed by atoms with Crippen molar-refractivity contribution in [1.29, 1.82) is 5.26 Å². The molecular weight excluding hydrogens is 288 g/mol. The summed E-state index contributed by atoms with van der Waals surface area (Å²) >= 11 is 1.24. The summed E-state index contributed by atoms with van der Waals surface area (Å²) in [5.74, 6) is 0.903. The Hall–Kier alpha value is -2.46. The molecule has 0 aromatic carbocycles. The molecule has 0 saturated heterocycles. The molecule has 3 heterocycles. The number of rotatable bonds is 4. The minimum atomic E-state index is -0.162. The number of hydrogen-bond donors (Lipinski definition) is 1. The molecule has 0 aliphatic rings. The van der Waals surface area contributed by atoms with Crippen LogP contribution in [0.25, 0.3) is 11.0 Å². The van der Waals surface area contributed by atoms with Crippen LogP contribution in [0.5, 0.6) is 0 Å². The standard InChI is InChI=1S/C14H12N4O2S/c1-9-7-11-12(16-9)13(19)18(8-10-3-2-5-20-10)14(17-11)21-6-4-15/h2-3,5,7,16H,6,8H2,1H3. The molecule has 0 unspecified atom stereocenters. The van der Waals surface area contributed by atoms with Crippen molar-refractivity contribution < 1.29 is 4.42 Å². The highest BCUT2D eigenvalue weighted by atomic mass is 32.2. The number of aromatic nitrogens is 3. The van der Waals surface area contributed by atoms with Gasteiger partial charge in [0.1, 0.15) is 11.3 Å². The molecule has 7 heteroatoms. The highest BCUT2D eigenvalue weighted by Crippen LogP contribution is 2.19. The number of hydrogen-bond acceptors (Lipinski definition) is 5. The van der Waals surface area contributed by atoms with Gasteiger partial charge in [0.2, 0.25) is 0 Å². The highest BCUT2D eigenvalue weighted by Gasteiger charge is 2.14. The van der Waals surface area contributed by atoms with Crippen molar-refractivity contribution in [1.82, 2.24) is 14.5 Å². The number of nitrogens with zero attached hydrogens (tertiary/aromatic N) is 3. The Kier molecular flexibility index (Phi) is 3.54. The average Bonchev–Trinajstić information content (AvgIpc) is 3.09. The fraction of sp³-hybridized carbons (Fsp3) is 0.214. The smallest absolute Gasteiger partial charge is 0.278 e. The SMILES string of the molecule is Cc1cc2nc(SCC#N)n(Cc3ccco3)c(=O)c2[nH]1. The molecule has 0 spiro atoms. The lowest BCUT2D eigenvalue weighted by atomic mass is 10.4. The van der Waals surface area contributed by atoms with Crippen LogP contribution in [0.15, 0.2) is 38.8 Å². The van der Waals surface area contributed by atoms with E-state index in [1.54, 1.807) is 18.4 Å². The molecule has 1 N–H and O–H groups in total. The molecule has 106 valence electrons. The second-order valence-electron chi connectivity index (χ2n) is 4.52. The van der Waals surface area contributed by atoms with Gasteiger partial charge in [-0.1, -0.05) is 11.8 Å². The zero-order chi connectivity index (χ0) is 14.8. The number of fused-ring (bicyclic) bond motifs is 1. The normalized spacial score (nSPS) is 10.9. The molecule has 3 rings (SSSR count). The van der Waals surface area contributed by atoms with Gasteiger partial charge < -0.3 is 9.40 Å². The monoisotopic (exact) mass is 300 g/mol. The third-order valence-electron chi connectivity index (χ3n) is 3.00. The van der Waals surface area contributed by atoms with Crippen LogP contribution in [0.1, 0.15) is 11.5 Å². The number of H-pyrrole nitrogens is 1. The van der Waals surface area contributed by atoms with Crippen molar-refractivity contribution in [3.8, 4) is 6.07 Å². The molecule has 0 amide bonds. The number of aryl methyl sites for hydroxylation is 1. The third-order valence-corrected chi connectivity index (χ3v) is 3.84. The predicted molar refractivity (Wildman–Crippen MR) is 79.2 cm³/mol. The van der Waals surface area contributed by atoms with E-state index in [2.05, 4.69) is 16.0 Å². The van der Waals surface area contributed by atoms with E-state index in [9.17, 15) is 4.79 Å². The van der Waals surface area contributed by atoms with Gasteiger partial charge in [-0.25, -0.2) is 4.98 Å². The summed E-state index contributed by atoms with van der Waals surface area (Å²) in [6, 6.07) is 7.45. The van der Waals surface area contributed by atoms with E-state index in [1.807, 2.05) is 13.0 Å². The predicted octanol–water partition coefficient (Wildman–Crippen LogP) is 2.29. The lowest BCUT2D eigenvalue weighted by Crippen LogP contribution is -2.23. The van der Waals surface area contributed by atoms with Gasteiger partial charge in [-0.3, -0.25) is 9.36 Å². The number of aromatic amines is 1. The summed E-state index contributed by atoms with van der Waals surface area (Å²) in [7, 11) is 0. The largest absolute Gasteiger partial charge is 0.467 e. The van der Waals surface area contributed by atoms with Crippen molar-refractivity contribution in [2.24, 2.45) is 0 Å². The van der Waals surface area contributed by atoms with Crippen LogP contribution < -0.4 is 5.56 Å². The van der Waals surface area contributed by atoms with E-state index >= 15 is 0 Å². The Labute approximate surface area is 124 Å². The van der Waals surface area contributed by atoms with Gasteiger partial charge in [-0.15, -0.1) is 0 Å². The summed E-state index contributed by atoms with van der Waals surface area (Å²) in [6.45, 7) is 2.17. The Morgan fingerprint density at radius 3 is 3.14 bits per heavy atom. The van der Waals surface area contributed by atoms with E-state index in [0.717, 1.165) is 5.69 Å². The van der Waals surface area contributed by atoms with Crippen LogP contribution >= 0.6 is 11.8 Å². The average molecular weight is 300 g/mol. The summed E-state index contributed by atoms with van der Waals surface area (Å²) in [4.78, 5) is 20.1. The molecule has 0 fully saturated rings. The molecular formula is C14H12N4O2S. The van der Waals surface area contributed by atoms with Crippen LogP contribution in [-0.4, -0.2) is 20.3 Å². The summed E-state index contributed by atoms with van der Waals surface area (Å²) in [5, 5.41) is 9.27. The molecule has 0 saturated carbocycles. The van der Waals surface area contributed by atoms with E-state index in [-0.39, 0.29) is 11.3 Å². The van der Waals surface area contributed by atoms with E-state index < -0.39 is 0 Å². The number of nitrogens with one attached hydrogen (secondary N) is 1. The van der Waals surface area contributed by atoms with E-state index in [1.165, 1.54) is 16.3 Å². The lowest BCUT2D eigenvalue weighted by Gasteiger charge is -2.09. The molecule has 3 aromatic heterocycles. The van der Waals surface area contributed by atoms with Gasteiger partial charge in [0.25, 0.3) is 5.56 Å². The molecule has 6 nitrogen and oxygen atoms in total. The minimum Gasteiger partial charge on any atom is -0.467 e. The van der Waals surface area contributed by atoms with Crippen LogP contribution in [0.4, 0.5) is 0 Å². The lowest BCUT2D eigenvalue weighted by molar-refractivity contribution is 0.476. The maximum absolute atomic E-state index is 12.6. The fourth-order valence-electron chi connectivity index (χ4n) is 2.12. The summed E-state index contributed by atoms with van der Waals surface area (Å²) in [6.07, 6.45) is 1.56. The van der Waals surface area contributed by atoms with Gasteiger partial charge in [-0.2, -0.15) is 5.26 Å². The number of thioether (sulfide) groups is 1. The van der Waals surface area contributed by atoms with Crippen molar-refractivity contribution in [2.45, 2.75) is 18.6 Å². The molecule has 3 aromatic rings. The zero-order valence-corrected chi connectivity index (χ0v) is 12.1. The Bertz CT molecular complexity index is 871. The topological polar surface area (TPSA) is 87.6 Å². The van der Waals surface area contributed by atoms with Crippen molar-refractivity contribution in [2.75, 3.05) is 5.75 Å². The number of nitriles is 1. The zero-order valence-electron chi connectivity index (χ0n) is 11.3. The first-order valence-electron chi connectivity index (χ1n) is 6.31. The number of furan rings is 1. The quantitative estimate of drug-likeness (QED) is 0.590. The first-order chi connectivity index (χ1) is 10.2. The van der Waals surface area contributed by atoms with Crippen LogP contribution in [-0.2, 0) is 6.54 Å². The summed E-state index contributed by atoms with van der Waals surface area (Å²) < 4.78 is 6.82. The van der Waals surface area contributed by atoms with Gasteiger partial charge in [-0.05, 0) is 25.1 Å². The molecule has 0 aliphatic heterocycles. The van der Waals surface area contributed by atoms with E-state index in [0.29, 0.717) is 28.5 Å². The first-order valence-corrected chi connectivity index (χ1v) is 7.30. The molecule has 21 heavy (non-hydrogen) atoms. The summed E-state index contributed by atoms with van der Waals surface area (Å²) in [5.41, 5.74) is 1.81. The molecule has 0 aliphatic carbocycles. The van der Waals surface area contributed by atoms with Crippen molar-refractivity contribution in [3.05, 3.63) is 46.3 Å². The molecule has 0 atom stereocenters. The van der Waals surface area contributed by atoms with Crippen LogP contribution in [0, 0.1) is 18.3 Å². The molecule has 0 radical (unpaired) electrons. The minimum absolute atomic E-state index is 0.162. The van der Waals surface area contributed by atoms with Crippen LogP contribution in [0.3, 0.4) is 0 Å². The second kappa shape index (κ2) is 5.50. The highest BCUT2D eigenvalue weighted by molar-refractivity contribution is 7.99. The van der Waals surface area contributed by atoms with Gasteiger partial charge >= 0.3 is 0 Å². The Morgan fingerprint density at radius 2 is 2.43 bits per heavy atom. The van der Waals surface area contributed by atoms with Crippen molar-refractivity contribution >= 4 is 22.8 Å². The maximum atomic E-state index is 12.6. The fourth-order valence-corrected chi connectivity index (χ4v) is 2.78. The first kappa shape index (κ1) is 13.5. The second-order valence-corrected chi connectivity index (χ2v) is 5.47. The van der Waals surface area contributed by atoms with Gasteiger partial charge in [0.15, 0.2) is 5.16 Å². The van der Waals surface area contributed by atoms with Crippen molar-refractivity contribution in [3.63, 3.8) is 0 Å². The third kappa shape index (κ3) is 2.58. The van der Waals surface area contributed by atoms with E-state index in [4.69, 9.17) is 9.68 Å². The van der Waals surface area contributed by atoms with Gasteiger partial charge in [0.05, 0.1) is 30.1 Å². The maximum Gasteiger partial charge on any atom is 0.278 e. The Balaban J connectivity index is 2.15. The van der Waals surface area contributed by atoms with Crippen LogP contribution in [0.2, 0.25) is 0 Å². The van der Waals surface area contributed by atoms with Gasteiger partial charge in [0, 0.05) is 5.69 Å².